The zero-order valence-corrected chi connectivity index (χ0v) is 14.4. The van der Waals surface area contributed by atoms with E-state index in [1.807, 2.05) is 30.3 Å². The van der Waals surface area contributed by atoms with E-state index in [-0.39, 0.29) is 0 Å². The molecule has 0 saturated carbocycles. The Balaban J connectivity index is 1.53. The lowest BCUT2D eigenvalue weighted by Crippen LogP contribution is -2.42. The molecule has 1 aromatic heterocycles. The van der Waals surface area contributed by atoms with Crippen LogP contribution < -0.4 is 4.72 Å². The first-order valence-corrected chi connectivity index (χ1v) is 9.80. The largest absolute Gasteiger partial charge is 0.279 e. The van der Waals surface area contributed by atoms with E-state index in [9.17, 15) is 8.42 Å². The van der Waals surface area contributed by atoms with Crippen molar-refractivity contribution in [2.75, 3.05) is 19.6 Å². The van der Waals surface area contributed by atoms with Crippen LogP contribution in [0, 0.1) is 0 Å². The van der Waals surface area contributed by atoms with Gasteiger partial charge in [-0.3, -0.25) is 5.10 Å². The molecule has 0 amide bonds. The van der Waals surface area contributed by atoms with Crippen LogP contribution in [0.2, 0.25) is 0 Å². The molecule has 0 bridgehead atoms. The van der Waals surface area contributed by atoms with E-state index in [0.29, 0.717) is 37.7 Å². The first-order valence-electron chi connectivity index (χ1n) is 8.36. The maximum Gasteiger partial charge on any atom is 0.279 e. The van der Waals surface area contributed by atoms with Gasteiger partial charge in [-0.05, 0) is 12.8 Å². The normalized spacial score (nSPS) is 16.8. The van der Waals surface area contributed by atoms with Gasteiger partial charge in [0.15, 0.2) is 5.82 Å². The molecule has 0 radical (unpaired) electrons. The molecule has 0 unspecified atom stereocenters. The summed E-state index contributed by atoms with van der Waals surface area (Å²) >= 11 is 0. The number of hydrogen-bond acceptors (Lipinski definition) is 4. The van der Waals surface area contributed by atoms with E-state index in [2.05, 4.69) is 19.9 Å². The lowest BCUT2D eigenvalue weighted by molar-refractivity contribution is 0.415. The van der Waals surface area contributed by atoms with Gasteiger partial charge in [-0.15, -0.1) is 0 Å². The van der Waals surface area contributed by atoms with Gasteiger partial charge in [-0.2, -0.15) is 17.8 Å². The summed E-state index contributed by atoms with van der Waals surface area (Å²) in [6, 6.07) is 9.68. The number of benzene rings is 1. The molecule has 8 heteroatoms. The molecule has 1 aromatic carbocycles. The summed E-state index contributed by atoms with van der Waals surface area (Å²) in [6.07, 6.45) is 4.55. The number of rotatable bonds is 6. The SMILES string of the molecule is O=S(=O)(NCCc1nc(-c2ccccc2)n[nH]1)N1CCCCCC1. The quantitative estimate of drug-likeness (QED) is 0.831. The van der Waals surface area contributed by atoms with Crippen LogP contribution >= 0.6 is 0 Å². The van der Waals surface area contributed by atoms with Gasteiger partial charge in [0, 0.05) is 31.6 Å². The van der Waals surface area contributed by atoms with E-state index in [4.69, 9.17) is 0 Å². The molecule has 0 aliphatic carbocycles. The third-order valence-corrected chi connectivity index (χ3v) is 5.73. The van der Waals surface area contributed by atoms with Gasteiger partial charge >= 0.3 is 0 Å². The molecule has 0 atom stereocenters. The smallest absolute Gasteiger partial charge is 0.263 e. The summed E-state index contributed by atoms with van der Waals surface area (Å²) in [4.78, 5) is 4.41. The van der Waals surface area contributed by atoms with E-state index in [1.54, 1.807) is 4.31 Å². The van der Waals surface area contributed by atoms with Crippen LogP contribution in [0.3, 0.4) is 0 Å². The molecule has 2 aromatic rings. The van der Waals surface area contributed by atoms with Crippen LogP contribution in [0.1, 0.15) is 31.5 Å². The first-order chi connectivity index (χ1) is 11.6. The highest BCUT2D eigenvalue weighted by Crippen LogP contribution is 2.14. The maximum absolute atomic E-state index is 12.3. The van der Waals surface area contributed by atoms with Crippen molar-refractivity contribution >= 4 is 10.2 Å². The van der Waals surface area contributed by atoms with Crippen molar-refractivity contribution < 1.29 is 8.42 Å². The van der Waals surface area contributed by atoms with Crippen molar-refractivity contribution in [3.63, 3.8) is 0 Å². The van der Waals surface area contributed by atoms with Gasteiger partial charge in [0.05, 0.1) is 0 Å². The fraction of sp³-hybridized carbons (Fsp3) is 0.500. The second-order valence-corrected chi connectivity index (χ2v) is 7.69. The molecule has 3 rings (SSSR count). The fourth-order valence-electron chi connectivity index (χ4n) is 2.80. The Morgan fingerprint density at radius 2 is 1.79 bits per heavy atom. The highest BCUT2D eigenvalue weighted by atomic mass is 32.2. The van der Waals surface area contributed by atoms with E-state index in [0.717, 1.165) is 31.2 Å². The van der Waals surface area contributed by atoms with Crippen molar-refractivity contribution in [1.82, 2.24) is 24.2 Å². The minimum atomic E-state index is -3.40. The van der Waals surface area contributed by atoms with Gasteiger partial charge in [0.25, 0.3) is 10.2 Å². The molecular weight excluding hydrogens is 326 g/mol. The van der Waals surface area contributed by atoms with Gasteiger partial charge < -0.3 is 0 Å². The molecular formula is C16H23N5O2S. The second kappa shape index (κ2) is 7.87. The lowest BCUT2D eigenvalue weighted by atomic mass is 10.2. The van der Waals surface area contributed by atoms with Crippen LogP contribution in [-0.4, -0.2) is 47.5 Å². The number of nitrogens with zero attached hydrogens (tertiary/aromatic N) is 3. The minimum absolute atomic E-state index is 0.308. The van der Waals surface area contributed by atoms with Crippen LogP contribution in [0.25, 0.3) is 11.4 Å². The topological polar surface area (TPSA) is 91.0 Å². The molecule has 1 aliphatic rings. The van der Waals surface area contributed by atoms with Crippen LogP contribution in [0.4, 0.5) is 0 Å². The Kier molecular flexibility index (Phi) is 5.60. The van der Waals surface area contributed by atoms with E-state index < -0.39 is 10.2 Å². The molecule has 7 nitrogen and oxygen atoms in total. The first kappa shape index (κ1) is 17.1. The highest BCUT2D eigenvalue weighted by molar-refractivity contribution is 7.87. The average Bonchev–Trinajstić information content (AvgIpc) is 2.88. The zero-order chi connectivity index (χ0) is 16.8. The lowest BCUT2D eigenvalue weighted by Gasteiger charge is -2.19. The Bertz CT molecular complexity index is 737. The second-order valence-electron chi connectivity index (χ2n) is 5.93. The van der Waals surface area contributed by atoms with Crippen molar-refractivity contribution in [2.24, 2.45) is 0 Å². The summed E-state index contributed by atoms with van der Waals surface area (Å²) in [5.41, 5.74) is 0.935. The summed E-state index contributed by atoms with van der Waals surface area (Å²) in [5.74, 6) is 1.30. The molecule has 1 fully saturated rings. The number of hydrogen-bond donors (Lipinski definition) is 2. The Hall–Kier alpha value is -1.77. The van der Waals surface area contributed by atoms with Crippen LogP contribution in [0.5, 0.6) is 0 Å². The van der Waals surface area contributed by atoms with Gasteiger partial charge in [0.2, 0.25) is 0 Å². The number of nitrogens with one attached hydrogen (secondary N) is 2. The summed E-state index contributed by atoms with van der Waals surface area (Å²) in [6.45, 7) is 1.52. The predicted molar refractivity (Wildman–Crippen MR) is 92.5 cm³/mol. The highest BCUT2D eigenvalue weighted by Gasteiger charge is 2.22. The Morgan fingerprint density at radius 3 is 2.50 bits per heavy atom. The van der Waals surface area contributed by atoms with Crippen molar-refractivity contribution in [3.8, 4) is 11.4 Å². The average molecular weight is 349 g/mol. The van der Waals surface area contributed by atoms with Crippen molar-refractivity contribution in [3.05, 3.63) is 36.2 Å². The van der Waals surface area contributed by atoms with Gasteiger partial charge in [-0.1, -0.05) is 43.2 Å². The van der Waals surface area contributed by atoms with Crippen molar-refractivity contribution in [2.45, 2.75) is 32.1 Å². The summed E-state index contributed by atoms with van der Waals surface area (Å²) < 4.78 is 28.9. The predicted octanol–water partition coefficient (Wildman–Crippen LogP) is 1.72. The molecule has 24 heavy (non-hydrogen) atoms. The number of aromatic amines is 1. The standard InChI is InChI=1S/C16H23N5O2S/c22-24(23,21-12-6-1-2-7-13-21)17-11-10-15-18-16(20-19-15)14-8-4-3-5-9-14/h3-5,8-9,17H,1-2,6-7,10-13H2,(H,18,19,20). The number of H-pyrrole nitrogens is 1. The van der Waals surface area contributed by atoms with Crippen LogP contribution in [-0.2, 0) is 16.6 Å². The van der Waals surface area contributed by atoms with E-state index >= 15 is 0 Å². The molecule has 2 heterocycles. The molecule has 0 spiro atoms. The third-order valence-electron chi connectivity index (χ3n) is 4.11. The van der Waals surface area contributed by atoms with E-state index in [1.165, 1.54) is 0 Å². The van der Waals surface area contributed by atoms with Crippen molar-refractivity contribution in [1.29, 1.82) is 0 Å². The molecule has 130 valence electrons. The molecule has 2 N–H and O–H groups in total. The monoisotopic (exact) mass is 349 g/mol. The fourth-order valence-corrected chi connectivity index (χ4v) is 4.08. The molecule has 1 saturated heterocycles. The Labute approximate surface area is 142 Å². The third kappa shape index (κ3) is 4.40. The Morgan fingerprint density at radius 1 is 1.08 bits per heavy atom. The maximum atomic E-state index is 12.3. The van der Waals surface area contributed by atoms with Gasteiger partial charge in [-0.25, -0.2) is 9.71 Å². The zero-order valence-electron chi connectivity index (χ0n) is 13.6. The molecule has 1 aliphatic heterocycles. The minimum Gasteiger partial charge on any atom is -0.263 e. The summed E-state index contributed by atoms with van der Waals surface area (Å²) in [5, 5.41) is 7.05. The summed E-state index contributed by atoms with van der Waals surface area (Å²) in [7, 11) is -3.40. The number of aromatic nitrogens is 3. The van der Waals surface area contributed by atoms with Gasteiger partial charge in [0.1, 0.15) is 5.82 Å². The van der Waals surface area contributed by atoms with Crippen LogP contribution in [0.15, 0.2) is 30.3 Å².